The van der Waals surface area contributed by atoms with Gasteiger partial charge >= 0.3 is 0 Å². The minimum absolute atomic E-state index is 0.451. The summed E-state index contributed by atoms with van der Waals surface area (Å²) in [7, 11) is 0. The first-order valence-electron chi connectivity index (χ1n) is 5.09. The summed E-state index contributed by atoms with van der Waals surface area (Å²) >= 11 is 2.28. The Morgan fingerprint density at radius 1 is 1.50 bits per heavy atom. The van der Waals surface area contributed by atoms with Crippen molar-refractivity contribution in [2.45, 2.75) is 46.1 Å². The van der Waals surface area contributed by atoms with Crippen molar-refractivity contribution in [1.82, 2.24) is 9.78 Å². The first kappa shape index (κ1) is 11.8. The van der Waals surface area contributed by atoms with Crippen LogP contribution in [-0.2, 0) is 6.54 Å². The number of hydrogen-bond donors (Lipinski definition) is 1. The lowest BCUT2D eigenvalue weighted by Crippen LogP contribution is -2.05. The van der Waals surface area contributed by atoms with Crippen molar-refractivity contribution in [3.63, 3.8) is 0 Å². The van der Waals surface area contributed by atoms with Crippen LogP contribution in [0.1, 0.15) is 45.2 Å². The van der Waals surface area contributed by atoms with Gasteiger partial charge in [0, 0.05) is 6.54 Å². The minimum Gasteiger partial charge on any atom is -0.383 e. The highest BCUT2D eigenvalue weighted by Gasteiger charge is 2.14. The van der Waals surface area contributed by atoms with Crippen molar-refractivity contribution in [2.75, 3.05) is 5.73 Å². The van der Waals surface area contributed by atoms with Crippen LogP contribution in [0.25, 0.3) is 0 Å². The number of nitrogens with zero attached hydrogens (tertiary/aromatic N) is 2. The molecular formula is C10H18IN3. The molecule has 80 valence electrons. The summed E-state index contributed by atoms with van der Waals surface area (Å²) in [5, 5.41) is 4.53. The highest BCUT2D eigenvalue weighted by atomic mass is 127. The van der Waals surface area contributed by atoms with Gasteiger partial charge in [0.15, 0.2) is 0 Å². The monoisotopic (exact) mass is 307 g/mol. The van der Waals surface area contributed by atoms with Gasteiger partial charge in [-0.05, 0) is 34.9 Å². The molecule has 0 aromatic carbocycles. The van der Waals surface area contributed by atoms with Crippen LogP contribution in [0.4, 0.5) is 5.82 Å². The molecule has 0 aliphatic rings. The lowest BCUT2D eigenvalue weighted by Gasteiger charge is -2.01. The maximum atomic E-state index is 5.97. The Labute approximate surface area is 99.2 Å². The third-order valence-corrected chi connectivity index (χ3v) is 3.33. The topological polar surface area (TPSA) is 43.8 Å². The summed E-state index contributed by atoms with van der Waals surface area (Å²) in [6.07, 6.45) is 2.31. The number of unbranched alkanes of at least 4 members (excludes halogenated alkanes) is 1. The molecule has 1 rings (SSSR count). The molecule has 0 saturated carbocycles. The van der Waals surface area contributed by atoms with Crippen LogP contribution >= 0.6 is 22.6 Å². The molecule has 1 aromatic heterocycles. The molecule has 0 aliphatic heterocycles. The maximum absolute atomic E-state index is 5.97. The van der Waals surface area contributed by atoms with E-state index in [1.54, 1.807) is 0 Å². The molecule has 2 N–H and O–H groups in total. The molecule has 0 fully saturated rings. The zero-order valence-electron chi connectivity index (χ0n) is 9.05. The van der Waals surface area contributed by atoms with Gasteiger partial charge in [0.2, 0.25) is 0 Å². The Bertz CT molecular complexity index is 305. The third-order valence-electron chi connectivity index (χ3n) is 2.23. The van der Waals surface area contributed by atoms with Crippen LogP contribution in [0, 0.1) is 3.57 Å². The van der Waals surface area contributed by atoms with Gasteiger partial charge in [0.25, 0.3) is 0 Å². The van der Waals surface area contributed by atoms with Crippen molar-refractivity contribution >= 4 is 28.4 Å². The van der Waals surface area contributed by atoms with E-state index in [9.17, 15) is 0 Å². The number of aryl methyl sites for hydroxylation is 1. The van der Waals surface area contributed by atoms with Crippen molar-refractivity contribution in [3.05, 3.63) is 9.26 Å². The molecule has 4 heteroatoms. The number of rotatable bonds is 4. The van der Waals surface area contributed by atoms with Gasteiger partial charge in [-0.2, -0.15) is 5.10 Å². The SMILES string of the molecule is CCCCn1nc(C(C)C)c(I)c1N. The Morgan fingerprint density at radius 3 is 2.57 bits per heavy atom. The van der Waals surface area contributed by atoms with E-state index in [1.165, 1.54) is 6.42 Å². The lowest BCUT2D eigenvalue weighted by atomic mass is 10.1. The van der Waals surface area contributed by atoms with Crippen LogP contribution in [0.3, 0.4) is 0 Å². The first-order valence-corrected chi connectivity index (χ1v) is 6.17. The standard InChI is InChI=1S/C10H18IN3/c1-4-5-6-14-10(12)8(11)9(13-14)7(2)3/h7H,4-6,12H2,1-3H3. The van der Waals surface area contributed by atoms with E-state index in [0.29, 0.717) is 5.92 Å². The lowest BCUT2D eigenvalue weighted by molar-refractivity contribution is 0.567. The Hall–Kier alpha value is -0.260. The minimum atomic E-state index is 0.451. The van der Waals surface area contributed by atoms with Gasteiger partial charge in [-0.3, -0.25) is 0 Å². The molecule has 0 unspecified atom stereocenters. The first-order chi connectivity index (χ1) is 6.57. The molecule has 0 aliphatic carbocycles. The van der Waals surface area contributed by atoms with Crippen LogP contribution in [0.15, 0.2) is 0 Å². The number of nitrogen functional groups attached to an aromatic ring is 1. The average Bonchev–Trinajstić information content (AvgIpc) is 2.42. The number of halogens is 1. The van der Waals surface area contributed by atoms with Crippen LogP contribution in [-0.4, -0.2) is 9.78 Å². The molecule has 1 heterocycles. The normalized spacial score (nSPS) is 11.2. The molecule has 0 spiro atoms. The molecule has 0 bridgehead atoms. The summed E-state index contributed by atoms with van der Waals surface area (Å²) < 4.78 is 3.05. The van der Waals surface area contributed by atoms with E-state index in [-0.39, 0.29) is 0 Å². The van der Waals surface area contributed by atoms with Crippen molar-refractivity contribution in [3.8, 4) is 0 Å². The summed E-state index contributed by atoms with van der Waals surface area (Å²) in [6.45, 7) is 7.40. The zero-order valence-corrected chi connectivity index (χ0v) is 11.2. The van der Waals surface area contributed by atoms with E-state index in [4.69, 9.17) is 5.73 Å². The second kappa shape index (κ2) is 5.00. The van der Waals surface area contributed by atoms with Gasteiger partial charge in [-0.25, -0.2) is 4.68 Å². The van der Waals surface area contributed by atoms with E-state index in [1.807, 2.05) is 4.68 Å². The fraction of sp³-hybridized carbons (Fsp3) is 0.700. The van der Waals surface area contributed by atoms with Gasteiger partial charge in [-0.1, -0.05) is 27.2 Å². The largest absolute Gasteiger partial charge is 0.383 e. The molecule has 1 aromatic rings. The third kappa shape index (κ3) is 2.40. The smallest absolute Gasteiger partial charge is 0.135 e. The Balaban J connectivity index is 2.91. The molecule has 0 saturated heterocycles. The molecule has 14 heavy (non-hydrogen) atoms. The van der Waals surface area contributed by atoms with Crippen molar-refractivity contribution < 1.29 is 0 Å². The molecular weight excluding hydrogens is 289 g/mol. The molecule has 0 amide bonds. The highest BCUT2D eigenvalue weighted by Crippen LogP contribution is 2.25. The summed E-state index contributed by atoms with van der Waals surface area (Å²) in [5.74, 6) is 1.27. The fourth-order valence-electron chi connectivity index (χ4n) is 1.32. The van der Waals surface area contributed by atoms with Gasteiger partial charge in [-0.15, -0.1) is 0 Å². The fourth-order valence-corrected chi connectivity index (χ4v) is 2.33. The van der Waals surface area contributed by atoms with E-state index in [2.05, 4.69) is 48.5 Å². The predicted molar refractivity (Wildman–Crippen MR) is 68.4 cm³/mol. The average molecular weight is 307 g/mol. The van der Waals surface area contributed by atoms with Gasteiger partial charge in [0.1, 0.15) is 5.82 Å². The molecule has 3 nitrogen and oxygen atoms in total. The van der Waals surface area contributed by atoms with Crippen molar-refractivity contribution in [1.29, 1.82) is 0 Å². The predicted octanol–water partition coefficient (Wildman–Crippen LogP) is 2.99. The zero-order chi connectivity index (χ0) is 10.7. The number of anilines is 1. The summed E-state index contributed by atoms with van der Waals surface area (Å²) in [6, 6.07) is 0. The van der Waals surface area contributed by atoms with Crippen LogP contribution in [0.5, 0.6) is 0 Å². The quantitative estimate of drug-likeness (QED) is 0.869. The van der Waals surface area contributed by atoms with E-state index in [0.717, 1.165) is 28.0 Å². The molecule has 0 atom stereocenters. The number of aromatic nitrogens is 2. The second-order valence-electron chi connectivity index (χ2n) is 3.82. The Morgan fingerprint density at radius 2 is 2.14 bits per heavy atom. The van der Waals surface area contributed by atoms with Gasteiger partial charge < -0.3 is 5.73 Å². The number of nitrogens with two attached hydrogens (primary N) is 1. The Kier molecular flexibility index (Phi) is 4.22. The second-order valence-corrected chi connectivity index (χ2v) is 4.89. The summed E-state index contributed by atoms with van der Waals surface area (Å²) in [5.41, 5.74) is 7.10. The van der Waals surface area contributed by atoms with Crippen molar-refractivity contribution in [2.24, 2.45) is 0 Å². The number of hydrogen-bond acceptors (Lipinski definition) is 2. The maximum Gasteiger partial charge on any atom is 0.135 e. The summed E-state index contributed by atoms with van der Waals surface area (Å²) in [4.78, 5) is 0. The molecule has 0 radical (unpaired) electrons. The van der Waals surface area contributed by atoms with E-state index >= 15 is 0 Å². The highest BCUT2D eigenvalue weighted by molar-refractivity contribution is 14.1. The van der Waals surface area contributed by atoms with E-state index < -0.39 is 0 Å². The van der Waals surface area contributed by atoms with Crippen LogP contribution < -0.4 is 5.73 Å². The van der Waals surface area contributed by atoms with Crippen LogP contribution in [0.2, 0.25) is 0 Å². The van der Waals surface area contributed by atoms with Gasteiger partial charge in [0.05, 0.1) is 9.26 Å².